The molecule has 0 aromatic carbocycles. The van der Waals surface area contributed by atoms with Crippen LogP contribution in [0.25, 0.3) is 0 Å². The van der Waals surface area contributed by atoms with E-state index >= 15 is 0 Å². The van der Waals surface area contributed by atoms with Crippen LogP contribution in [0.4, 0.5) is 0 Å². The first-order valence-corrected chi connectivity index (χ1v) is 6.37. The van der Waals surface area contributed by atoms with E-state index in [1.807, 2.05) is 37.7 Å². The Morgan fingerprint density at radius 3 is 2.74 bits per heavy atom. The van der Waals surface area contributed by atoms with Gasteiger partial charge < -0.3 is 10.5 Å². The van der Waals surface area contributed by atoms with E-state index in [2.05, 4.69) is 10.1 Å². The van der Waals surface area contributed by atoms with Crippen molar-refractivity contribution in [3.8, 4) is 11.6 Å². The topological polar surface area (TPSA) is 66.0 Å². The highest BCUT2D eigenvalue weighted by atomic mass is 32.1. The Labute approximate surface area is 117 Å². The zero-order valence-corrected chi connectivity index (χ0v) is 11.9. The molecule has 0 amide bonds. The largest absolute Gasteiger partial charge is 0.436 e. The lowest BCUT2D eigenvalue weighted by Crippen LogP contribution is -2.10. The van der Waals surface area contributed by atoms with E-state index in [4.69, 9.17) is 22.7 Å². The fourth-order valence-electron chi connectivity index (χ4n) is 1.61. The van der Waals surface area contributed by atoms with Crippen LogP contribution in [-0.2, 0) is 0 Å². The second-order valence-electron chi connectivity index (χ2n) is 4.55. The fourth-order valence-corrected chi connectivity index (χ4v) is 1.73. The highest BCUT2D eigenvalue weighted by molar-refractivity contribution is 7.80. The van der Waals surface area contributed by atoms with E-state index in [1.165, 1.54) is 0 Å². The predicted octanol–water partition coefficient (Wildman–Crippen LogP) is 2.59. The molecule has 0 radical (unpaired) electrons. The van der Waals surface area contributed by atoms with Gasteiger partial charge in [0.15, 0.2) is 5.75 Å². The van der Waals surface area contributed by atoms with Gasteiger partial charge >= 0.3 is 0 Å². The lowest BCUT2D eigenvalue weighted by Gasteiger charge is -2.06. The van der Waals surface area contributed by atoms with Crippen molar-refractivity contribution in [2.45, 2.75) is 26.8 Å². The van der Waals surface area contributed by atoms with Crippen molar-refractivity contribution in [2.24, 2.45) is 5.73 Å². The minimum Gasteiger partial charge on any atom is -0.436 e. The third-order valence-corrected chi connectivity index (χ3v) is 2.78. The summed E-state index contributed by atoms with van der Waals surface area (Å²) in [6.45, 7) is 5.96. The Morgan fingerprint density at radius 2 is 2.16 bits per heavy atom. The monoisotopic (exact) mass is 276 g/mol. The molecule has 2 rings (SSSR count). The standard InChI is InChI=1S/C13H16N4OS/c1-8(2)17-7-11(6-15-17)18-12-5-10(13(14)19)4-9(3)16-12/h4-8H,1-3H3,(H2,14,19). The number of hydrogen-bond donors (Lipinski definition) is 1. The van der Waals surface area contributed by atoms with Gasteiger partial charge in [-0.15, -0.1) is 0 Å². The SMILES string of the molecule is Cc1cc(C(N)=S)cc(Oc2cnn(C(C)C)c2)n1. The van der Waals surface area contributed by atoms with Gasteiger partial charge in [0.25, 0.3) is 0 Å². The maximum atomic E-state index is 5.67. The van der Waals surface area contributed by atoms with Gasteiger partial charge in [0, 0.05) is 23.4 Å². The van der Waals surface area contributed by atoms with Crippen molar-refractivity contribution >= 4 is 17.2 Å². The molecule has 0 aliphatic rings. The molecule has 0 saturated heterocycles. The molecule has 0 atom stereocenters. The molecular weight excluding hydrogens is 260 g/mol. The van der Waals surface area contributed by atoms with Crippen LogP contribution in [0.3, 0.4) is 0 Å². The summed E-state index contributed by atoms with van der Waals surface area (Å²) in [5, 5.41) is 4.21. The summed E-state index contributed by atoms with van der Waals surface area (Å²) < 4.78 is 7.49. The maximum absolute atomic E-state index is 5.67. The molecule has 0 fully saturated rings. The first kappa shape index (κ1) is 13.5. The van der Waals surface area contributed by atoms with Crippen LogP contribution >= 0.6 is 12.2 Å². The van der Waals surface area contributed by atoms with Gasteiger partial charge in [0.2, 0.25) is 5.88 Å². The lowest BCUT2D eigenvalue weighted by atomic mass is 10.2. The number of hydrogen-bond acceptors (Lipinski definition) is 4. The quantitative estimate of drug-likeness (QED) is 0.869. The molecular formula is C13H16N4OS. The number of nitrogens with zero attached hydrogens (tertiary/aromatic N) is 3. The summed E-state index contributed by atoms with van der Waals surface area (Å²) in [7, 11) is 0. The number of aromatic nitrogens is 3. The van der Waals surface area contributed by atoms with E-state index in [0.29, 0.717) is 16.6 Å². The molecule has 5 nitrogen and oxygen atoms in total. The van der Waals surface area contributed by atoms with E-state index in [9.17, 15) is 0 Å². The molecule has 2 aromatic heterocycles. The smallest absolute Gasteiger partial charge is 0.220 e. The van der Waals surface area contributed by atoms with Crippen LogP contribution < -0.4 is 10.5 Å². The van der Waals surface area contributed by atoms with Crippen molar-refractivity contribution in [1.29, 1.82) is 0 Å². The summed E-state index contributed by atoms with van der Waals surface area (Å²) in [5.41, 5.74) is 7.17. The Bertz CT molecular complexity index is 606. The summed E-state index contributed by atoms with van der Waals surface area (Å²) in [5.74, 6) is 1.10. The minimum atomic E-state index is 0.287. The highest BCUT2D eigenvalue weighted by Crippen LogP contribution is 2.21. The molecule has 6 heteroatoms. The molecule has 2 aromatic rings. The van der Waals surface area contributed by atoms with Gasteiger partial charge in [-0.1, -0.05) is 12.2 Å². The van der Waals surface area contributed by atoms with E-state index in [1.54, 1.807) is 12.3 Å². The Hall–Kier alpha value is -1.95. The molecule has 0 aliphatic heterocycles. The predicted molar refractivity (Wildman–Crippen MR) is 77.5 cm³/mol. The number of nitrogens with two attached hydrogens (primary N) is 1. The fraction of sp³-hybridized carbons (Fsp3) is 0.308. The first-order valence-electron chi connectivity index (χ1n) is 5.96. The van der Waals surface area contributed by atoms with Crippen LogP contribution in [0, 0.1) is 6.92 Å². The minimum absolute atomic E-state index is 0.287. The summed E-state index contributed by atoms with van der Waals surface area (Å²) in [4.78, 5) is 4.62. The van der Waals surface area contributed by atoms with Gasteiger partial charge in [-0.25, -0.2) is 4.98 Å². The van der Waals surface area contributed by atoms with Gasteiger partial charge in [-0.2, -0.15) is 5.10 Å². The average molecular weight is 276 g/mol. The summed E-state index contributed by atoms with van der Waals surface area (Å²) >= 11 is 4.96. The van der Waals surface area contributed by atoms with E-state index in [-0.39, 0.29) is 6.04 Å². The zero-order valence-electron chi connectivity index (χ0n) is 11.1. The second-order valence-corrected chi connectivity index (χ2v) is 4.99. The highest BCUT2D eigenvalue weighted by Gasteiger charge is 2.07. The Morgan fingerprint density at radius 1 is 1.42 bits per heavy atom. The molecule has 0 bridgehead atoms. The van der Waals surface area contributed by atoms with Crippen LogP contribution in [0.2, 0.25) is 0 Å². The lowest BCUT2D eigenvalue weighted by molar-refractivity contribution is 0.458. The summed E-state index contributed by atoms with van der Waals surface area (Å²) in [6.07, 6.45) is 3.49. The normalized spacial score (nSPS) is 10.7. The van der Waals surface area contributed by atoms with Crippen molar-refractivity contribution in [3.05, 3.63) is 35.8 Å². The number of rotatable bonds is 4. The van der Waals surface area contributed by atoms with Gasteiger partial charge in [0.05, 0.1) is 12.4 Å². The first-order chi connectivity index (χ1) is 8.95. The summed E-state index contributed by atoms with van der Waals surface area (Å²) in [6, 6.07) is 3.84. The van der Waals surface area contributed by atoms with Crippen molar-refractivity contribution in [1.82, 2.24) is 14.8 Å². The maximum Gasteiger partial charge on any atom is 0.220 e. The zero-order chi connectivity index (χ0) is 14.0. The molecule has 0 unspecified atom stereocenters. The van der Waals surface area contributed by atoms with E-state index in [0.717, 1.165) is 11.3 Å². The van der Waals surface area contributed by atoms with Gasteiger partial charge in [-0.3, -0.25) is 4.68 Å². The molecule has 2 heterocycles. The van der Waals surface area contributed by atoms with Crippen molar-refractivity contribution < 1.29 is 4.74 Å². The Balaban J connectivity index is 2.24. The molecule has 0 spiro atoms. The average Bonchev–Trinajstić information content (AvgIpc) is 2.76. The van der Waals surface area contributed by atoms with Crippen molar-refractivity contribution in [3.63, 3.8) is 0 Å². The Kier molecular flexibility index (Phi) is 3.80. The van der Waals surface area contributed by atoms with Gasteiger partial charge in [0.1, 0.15) is 4.99 Å². The van der Waals surface area contributed by atoms with Gasteiger partial charge in [-0.05, 0) is 26.8 Å². The number of aryl methyl sites for hydroxylation is 1. The number of thiocarbonyl (C=S) groups is 1. The molecule has 19 heavy (non-hydrogen) atoms. The third-order valence-electron chi connectivity index (χ3n) is 2.54. The van der Waals surface area contributed by atoms with Crippen LogP contribution in [0.15, 0.2) is 24.5 Å². The van der Waals surface area contributed by atoms with Crippen LogP contribution in [0.1, 0.15) is 31.1 Å². The molecule has 0 saturated carbocycles. The van der Waals surface area contributed by atoms with Crippen molar-refractivity contribution in [2.75, 3.05) is 0 Å². The van der Waals surface area contributed by atoms with E-state index < -0.39 is 0 Å². The third kappa shape index (κ3) is 3.29. The molecule has 0 aliphatic carbocycles. The van der Waals surface area contributed by atoms with Crippen LogP contribution in [-0.4, -0.2) is 19.8 Å². The molecule has 2 N–H and O–H groups in total. The molecule has 100 valence electrons. The van der Waals surface area contributed by atoms with Crippen LogP contribution in [0.5, 0.6) is 11.6 Å². The second kappa shape index (κ2) is 5.36. The number of pyridine rings is 1. The number of ether oxygens (including phenoxy) is 1.